The maximum Gasteiger partial charge on any atom is 0.193 e. The predicted octanol–water partition coefficient (Wildman–Crippen LogP) is 3.75. The summed E-state index contributed by atoms with van der Waals surface area (Å²) in [5.74, 6) is 2.55. The number of nitrogens with one attached hydrogen (secondary N) is 1. The molecule has 2 aliphatic rings. The first-order chi connectivity index (χ1) is 10.5. The Kier molecular flexibility index (Phi) is 9.19. The lowest BCUT2D eigenvalue weighted by Gasteiger charge is -2.31. The van der Waals surface area contributed by atoms with Crippen molar-refractivity contribution in [1.82, 2.24) is 10.2 Å². The lowest BCUT2D eigenvalue weighted by atomic mass is 9.78. The van der Waals surface area contributed by atoms with Gasteiger partial charge in [0.2, 0.25) is 0 Å². The molecule has 0 amide bonds. The van der Waals surface area contributed by atoms with E-state index in [9.17, 15) is 0 Å². The lowest BCUT2D eigenvalue weighted by Crippen LogP contribution is -2.42. The molecule has 0 radical (unpaired) electrons. The van der Waals surface area contributed by atoms with Crippen molar-refractivity contribution >= 4 is 29.9 Å². The fraction of sp³-hybridized carbons (Fsp3) is 0.944. The molecule has 1 heterocycles. The number of hydrogen-bond acceptors (Lipinski definition) is 2. The summed E-state index contributed by atoms with van der Waals surface area (Å²) in [5.41, 5.74) is 0.314. The van der Waals surface area contributed by atoms with Crippen LogP contribution in [0.15, 0.2) is 4.99 Å². The Morgan fingerprint density at radius 2 is 1.96 bits per heavy atom. The van der Waals surface area contributed by atoms with E-state index in [1.807, 2.05) is 0 Å². The molecule has 0 aromatic rings. The van der Waals surface area contributed by atoms with Crippen molar-refractivity contribution in [1.29, 1.82) is 0 Å². The summed E-state index contributed by atoms with van der Waals surface area (Å²) >= 11 is 0. The fourth-order valence-electron chi connectivity index (χ4n) is 3.79. The molecule has 23 heavy (non-hydrogen) atoms. The maximum absolute atomic E-state index is 5.49. The summed E-state index contributed by atoms with van der Waals surface area (Å²) in [7, 11) is 2.16. The van der Waals surface area contributed by atoms with Crippen molar-refractivity contribution in [3.63, 3.8) is 0 Å². The molecule has 2 rings (SSSR count). The van der Waals surface area contributed by atoms with Gasteiger partial charge in [-0.2, -0.15) is 0 Å². The van der Waals surface area contributed by atoms with Crippen molar-refractivity contribution in [2.75, 3.05) is 39.9 Å². The SMILES string of the molecule is CCNC(=NCC(C)(C)C1CCCC1)N(C)CC1CCOC1.I. The quantitative estimate of drug-likeness (QED) is 0.391. The van der Waals surface area contributed by atoms with Crippen LogP contribution in [0.5, 0.6) is 0 Å². The Morgan fingerprint density at radius 1 is 1.26 bits per heavy atom. The first kappa shape index (κ1) is 21.0. The maximum atomic E-state index is 5.49. The summed E-state index contributed by atoms with van der Waals surface area (Å²) in [5, 5.41) is 3.45. The van der Waals surface area contributed by atoms with Crippen molar-refractivity contribution < 1.29 is 4.74 Å². The summed E-state index contributed by atoms with van der Waals surface area (Å²) in [6, 6.07) is 0. The van der Waals surface area contributed by atoms with Gasteiger partial charge in [-0.25, -0.2) is 0 Å². The van der Waals surface area contributed by atoms with Crippen molar-refractivity contribution in [3.8, 4) is 0 Å². The molecule has 1 unspecified atom stereocenters. The molecule has 2 fully saturated rings. The second kappa shape index (κ2) is 10.1. The second-order valence-corrected chi connectivity index (χ2v) is 7.75. The summed E-state index contributed by atoms with van der Waals surface area (Å²) < 4.78 is 5.49. The van der Waals surface area contributed by atoms with Crippen molar-refractivity contribution in [3.05, 3.63) is 0 Å². The van der Waals surface area contributed by atoms with Gasteiger partial charge < -0.3 is 15.0 Å². The van der Waals surface area contributed by atoms with Gasteiger partial charge >= 0.3 is 0 Å². The minimum atomic E-state index is 0. The molecule has 1 saturated heterocycles. The normalized spacial score (nSPS) is 23.0. The van der Waals surface area contributed by atoms with Crippen molar-refractivity contribution in [2.24, 2.45) is 22.2 Å². The highest BCUT2D eigenvalue weighted by molar-refractivity contribution is 14.0. The highest BCUT2D eigenvalue weighted by Gasteiger charge is 2.31. The molecule has 0 spiro atoms. The lowest BCUT2D eigenvalue weighted by molar-refractivity contribution is 0.181. The Bertz CT molecular complexity index is 361. The second-order valence-electron chi connectivity index (χ2n) is 7.75. The van der Waals surface area contributed by atoms with Gasteiger partial charge in [-0.3, -0.25) is 4.99 Å². The van der Waals surface area contributed by atoms with Crippen LogP contribution >= 0.6 is 24.0 Å². The van der Waals surface area contributed by atoms with E-state index in [-0.39, 0.29) is 24.0 Å². The Balaban J connectivity index is 0.00000264. The number of aliphatic imine (C=N–C) groups is 1. The number of ether oxygens (including phenoxy) is 1. The molecule has 1 saturated carbocycles. The minimum absolute atomic E-state index is 0. The third-order valence-corrected chi connectivity index (χ3v) is 5.35. The van der Waals surface area contributed by atoms with E-state index in [1.54, 1.807) is 0 Å². The number of guanidine groups is 1. The molecular formula is C18H36IN3O. The van der Waals surface area contributed by atoms with E-state index in [0.29, 0.717) is 11.3 Å². The average Bonchev–Trinajstić information content (AvgIpc) is 3.16. The molecule has 1 N–H and O–H groups in total. The highest BCUT2D eigenvalue weighted by Crippen LogP contribution is 2.39. The standard InChI is InChI=1S/C18H35N3O.HI/c1-5-19-17(21(4)12-15-10-11-22-13-15)20-14-18(2,3)16-8-6-7-9-16;/h15-16H,5-14H2,1-4H3,(H,19,20);1H. The van der Waals surface area contributed by atoms with Gasteiger partial charge in [-0.1, -0.05) is 26.7 Å². The van der Waals surface area contributed by atoms with Gasteiger partial charge in [0.05, 0.1) is 6.61 Å². The first-order valence-corrected chi connectivity index (χ1v) is 9.10. The molecule has 1 aliphatic heterocycles. The van der Waals surface area contributed by atoms with Gasteiger partial charge in [-0.05, 0) is 37.5 Å². The van der Waals surface area contributed by atoms with Crippen LogP contribution in [0.1, 0.15) is 52.9 Å². The van der Waals surface area contributed by atoms with Gasteiger partial charge in [0, 0.05) is 39.2 Å². The van der Waals surface area contributed by atoms with Crippen LogP contribution in [-0.2, 0) is 4.74 Å². The Morgan fingerprint density at radius 3 is 2.52 bits per heavy atom. The van der Waals surface area contributed by atoms with Crippen LogP contribution in [0.25, 0.3) is 0 Å². The molecule has 0 aromatic carbocycles. The predicted molar refractivity (Wildman–Crippen MR) is 109 cm³/mol. The van der Waals surface area contributed by atoms with E-state index in [4.69, 9.17) is 9.73 Å². The number of rotatable bonds is 6. The van der Waals surface area contributed by atoms with Crippen LogP contribution in [0.4, 0.5) is 0 Å². The Labute approximate surface area is 159 Å². The summed E-state index contributed by atoms with van der Waals surface area (Å²) in [6.07, 6.45) is 6.75. The van der Waals surface area contributed by atoms with Gasteiger partial charge in [0.1, 0.15) is 0 Å². The van der Waals surface area contributed by atoms with E-state index < -0.39 is 0 Å². The number of halogens is 1. The van der Waals surface area contributed by atoms with Crippen LogP contribution < -0.4 is 5.32 Å². The molecule has 4 nitrogen and oxygen atoms in total. The molecule has 5 heteroatoms. The molecule has 1 aliphatic carbocycles. The summed E-state index contributed by atoms with van der Waals surface area (Å²) in [4.78, 5) is 7.25. The molecule has 136 valence electrons. The highest BCUT2D eigenvalue weighted by atomic mass is 127. The zero-order valence-electron chi connectivity index (χ0n) is 15.4. The molecule has 0 bridgehead atoms. The number of nitrogens with zero attached hydrogens (tertiary/aromatic N) is 2. The van der Waals surface area contributed by atoms with Crippen molar-refractivity contribution in [2.45, 2.75) is 52.9 Å². The number of hydrogen-bond donors (Lipinski definition) is 1. The largest absolute Gasteiger partial charge is 0.381 e. The van der Waals surface area contributed by atoms with Crippen LogP contribution in [0.2, 0.25) is 0 Å². The zero-order chi connectivity index (χ0) is 16.0. The minimum Gasteiger partial charge on any atom is -0.381 e. The third-order valence-electron chi connectivity index (χ3n) is 5.35. The third kappa shape index (κ3) is 6.40. The Hall–Kier alpha value is -0.0400. The molecule has 0 aromatic heterocycles. The van der Waals surface area contributed by atoms with Crippen LogP contribution in [0.3, 0.4) is 0 Å². The molecular weight excluding hydrogens is 401 g/mol. The van der Waals surface area contributed by atoms with E-state index in [1.165, 1.54) is 32.1 Å². The van der Waals surface area contributed by atoms with Gasteiger partial charge in [0.15, 0.2) is 5.96 Å². The zero-order valence-corrected chi connectivity index (χ0v) is 17.8. The topological polar surface area (TPSA) is 36.9 Å². The van der Waals surface area contributed by atoms with Crippen LogP contribution in [-0.4, -0.2) is 50.8 Å². The monoisotopic (exact) mass is 437 g/mol. The smallest absolute Gasteiger partial charge is 0.193 e. The van der Waals surface area contributed by atoms with Crippen LogP contribution in [0, 0.1) is 17.3 Å². The summed E-state index contributed by atoms with van der Waals surface area (Å²) in [6.45, 7) is 11.6. The van der Waals surface area contributed by atoms with Gasteiger partial charge in [0.25, 0.3) is 0 Å². The van der Waals surface area contributed by atoms with E-state index >= 15 is 0 Å². The van der Waals surface area contributed by atoms with E-state index in [0.717, 1.165) is 44.7 Å². The van der Waals surface area contributed by atoms with Gasteiger partial charge in [-0.15, -0.1) is 24.0 Å². The average molecular weight is 437 g/mol. The first-order valence-electron chi connectivity index (χ1n) is 9.10. The molecule has 1 atom stereocenters. The van der Waals surface area contributed by atoms with E-state index in [2.05, 4.69) is 38.0 Å². The fourth-order valence-corrected chi connectivity index (χ4v) is 3.79.